The van der Waals surface area contributed by atoms with Gasteiger partial charge < -0.3 is 18.9 Å². The Kier molecular flexibility index (Phi) is 7.11. The molecule has 3 rings (SSSR count). The smallest absolute Gasteiger partial charge is 0.338 e. The second-order valence-corrected chi connectivity index (χ2v) is 6.46. The van der Waals surface area contributed by atoms with E-state index in [0.717, 1.165) is 16.9 Å². The molecule has 3 aromatic carbocycles. The van der Waals surface area contributed by atoms with Gasteiger partial charge in [-0.1, -0.05) is 48.5 Å². The minimum Gasteiger partial charge on any atom is -0.493 e. The molecule has 0 aliphatic carbocycles. The zero-order valence-electron chi connectivity index (χ0n) is 17.3. The van der Waals surface area contributed by atoms with Crippen molar-refractivity contribution in [3.63, 3.8) is 0 Å². The van der Waals surface area contributed by atoms with E-state index in [1.54, 1.807) is 38.5 Å². The van der Waals surface area contributed by atoms with Crippen molar-refractivity contribution in [2.24, 2.45) is 0 Å². The van der Waals surface area contributed by atoms with Gasteiger partial charge in [-0.25, -0.2) is 4.79 Å². The molecule has 0 heterocycles. The number of ether oxygens (including phenoxy) is 4. The van der Waals surface area contributed by atoms with Crippen LogP contribution in [-0.2, 0) is 16.1 Å². The molecule has 0 radical (unpaired) electrons. The number of rotatable bonds is 8. The number of para-hydroxylation sites is 1. The highest BCUT2D eigenvalue weighted by Gasteiger charge is 2.15. The SMILES string of the molecule is COC(=O)C(=Cc1ccc(COc2ccccc2)cc1)c1ccc(OC)c(OC)c1. The summed E-state index contributed by atoms with van der Waals surface area (Å²) < 4.78 is 21.4. The maximum Gasteiger partial charge on any atom is 0.338 e. The Morgan fingerprint density at radius 3 is 2.17 bits per heavy atom. The summed E-state index contributed by atoms with van der Waals surface area (Å²) in [7, 11) is 4.48. The minimum atomic E-state index is -0.432. The second kappa shape index (κ2) is 10.2. The molecule has 0 amide bonds. The van der Waals surface area contributed by atoms with Gasteiger partial charge in [0.25, 0.3) is 0 Å². The lowest BCUT2D eigenvalue weighted by atomic mass is 10.0. The van der Waals surface area contributed by atoms with Crippen LogP contribution in [-0.4, -0.2) is 27.3 Å². The lowest BCUT2D eigenvalue weighted by Gasteiger charge is -2.11. The molecule has 154 valence electrons. The van der Waals surface area contributed by atoms with Crippen molar-refractivity contribution >= 4 is 17.6 Å². The van der Waals surface area contributed by atoms with Gasteiger partial charge in [0, 0.05) is 0 Å². The molecule has 5 heteroatoms. The van der Waals surface area contributed by atoms with E-state index in [1.807, 2.05) is 54.6 Å². The van der Waals surface area contributed by atoms with Crippen LogP contribution >= 0.6 is 0 Å². The van der Waals surface area contributed by atoms with Crippen LogP contribution in [0.5, 0.6) is 17.2 Å². The van der Waals surface area contributed by atoms with Gasteiger partial charge in [-0.2, -0.15) is 0 Å². The Balaban J connectivity index is 1.82. The van der Waals surface area contributed by atoms with Crippen molar-refractivity contribution in [2.45, 2.75) is 6.61 Å². The van der Waals surface area contributed by atoms with Crippen LogP contribution in [0, 0.1) is 0 Å². The predicted octanol–water partition coefficient (Wildman–Crippen LogP) is 5.00. The number of benzene rings is 3. The molecule has 0 aromatic heterocycles. The first-order valence-electron chi connectivity index (χ1n) is 9.44. The number of hydrogen-bond donors (Lipinski definition) is 0. The first-order valence-corrected chi connectivity index (χ1v) is 9.44. The lowest BCUT2D eigenvalue weighted by Crippen LogP contribution is -2.04. The molecule has 0 aliphatic rings. The number of methoxy groups -OCH3 is 3. The van der Waals surface area contributed by atoms with Crippen LogP contribution in [0.25, 0.3) is 11.6 Å². The van der Waals surface area contributed by atoms with E-state index in [4.69, 9.17) is 18.9 Å². The first-order chi connectivity index (χ1) is 14.6. The maximum absolute atomic E-state index is 12.4. The summed E-state index contributed by atoms with van der Waals surface area (Å²) in [6.45, 7) is 0.466. The number of carbonyl (C=O) groups excluding carboxylic acids is 1. The van der Waals surface area contributed by atoms with Crippen LogP contribution in [0.3, 0.4) is 0 Å². The van der Waals surface area contributed by atoms with E-state index in [9.17, 15) is 4.79 Å². The topological polar surface area (TPSA) is 54.0 Å². The molecule has 3 aromatic rings. The molecule has 0 N–H and O–H groups in total. The average Bonchev–Trinajstić information content (AvgIpc) is 2.81. The number of esters is 1. The molecule has 0 saturated carbocycles. The van der Waals surface area contributed by atoms with E-state index in [-0.39, 0.29) is 0 Å². The minimum absolute atomic E-state index is 0.423. The van der Waals surface area contributed by atoms with Crippen LogP contribution in [0.2, 0.25) is 0 Å². The zero-order chi connectivity index (χ0) is 21.3. The summed E-state index contributed by atoms with van der Waals surface area (Å²) in [5.41, 5.74) is 3.00. The largest absolute Gasteiger partial charge is 0.493 e. The van der Waals surface area contributed by atoms with Gasteiger partial charge in [0.2, 0.25) is 0 Å². The molecule has 0 atom stereocenters. The summed E-state index contributed by atoms with van der Waals surface area (Å²) in [4.78, 5) is 12.4. The van der Waals surface area contributed by atoms with Crippen molar-refractivity contribution in [1.82, 2.24) is 0 Å². The molecular weight excluding hydrogens is 380 g/mol. The Morgan fingerprint density at radius 2 is 1.53 bits per heavy atom. The van der Waals surface area contributed by atoms with Crippen LogP contribution in [0.15, 0.2) is 72.8 Å². The molecule has 5 nitrogen and oxygen atoms in total. The van der Waals surface area contributed by atoms with Gasteiger partial charge in [0.15, 0.2) is 11.5 Å². The van der Waals surface area contributed by atoms with Crippen LogP contribution in [0.1, 0.15) is 16.7 Å². The highest BCUT2D eigenvalue weighted by atomic mass is 16.5. The summed E-state index contributed by atoms with van der Waals surface area (Å²) in [5, 5.41) is 0. The lowest BCUT2D eigenvalue weighted by molar-refractivity contribution is -0.133. The molecule has 0 saturated heterocycles. The van der Waals surface area contributed by atoms with E-state index in [2.05, 4.69) is 0 Å². The third-order valence-corrected chi connectivity index (χ3v) is 4.54. The number of carbonyl (C=O) groups is 1. The number of hydrogen-bond acceptors (Lipinski definition) is 5. The highest BCUT2D eigenvalue weighted by molar-refractivity contribution is 6.21. The summed E-state index contributed by atoms with van der Waals surface area (Å²) in [5.74, 6) is 1.52. The van der Waals surface area contributed by atoms with Crippen molar-refractivity contribution < 1.29 is 23.7 Å². The van der Waals surface area contributed by atoms with Crippen LogP contribution in [0.4, 0.5) is 0 Å². The molecular formula is C25H24O5. The molecule has 30 heavy (non-hydrogen) atoms. The normalized spacial score (nSPS) is 11.0. The van der Waals surface area contributed by atoms with Crippen molar-refractivity contribution in [2.75, 3.05) is 21.3 Å². The maximum atomic E-state index is 12.4. The fraction of sp³-hybridized carbons (Fsp3) is 0.160. The van der Waals surface area contributed by atoms with E-state index in [0.29, 0.717) is 29.2 Å². The van der Waals surface area contributed by atoms with Gasteiger partial charge in [-0.3, -0.25) is 0 Å². The van der Waals surface area contributed by atoms with E-state index < -0.39 is 5.97 Å². The van der Waals surface area contributed by atoms with Crippen molar-refractivity contribution in [3.05, 3.63) is 89.5 Å². The zero-order valence-corrected chi connectivity index (χ0v) is 17.3. The predicted molar refractivity (Wildman–Crippen MR) is 117 cm³/mol. The standard InChI is InChI=1S/C25H24O5/c1-27-23-14-13-20(16-24(23)28-2)22(25(26)29-3)15-18-9-11-19(12-10-18)17-30-21-7-5-4-6-8-21/h4-16H,17H2,1-3H3. The second-order valence-electron chi connectivity index (χ2n) is 6.46. The van der Waals surface area contributed by atoms with Crippen molar-refractivity contribution in [1.29, 1.82) is 0 Å². The van der Waals surface area contributed by atoms with Crippen LogP contribution < -0.4 is 14.2 Å². The van der Waals surface area contributed by atoms with Gasteiger partial charge in [-0.05, 0) is 47.0 Å². The van der Waals surface area contributed by atoms with Gasteiger partial charge in [0.05, 0.1) is 26.9 Å². The third kappa shape index (κ3) is 5.20. The Morgan fingerprint density at radius 1 is 0.833 bits per heavy atom. The van der Waals surface area contributed by atoms with E-state index >= 15 is 0 Å². The monoisotopic (exact) mass is 404 g/mol. The molecule has 0 aliphatic heterocycles. The fourth-order valence-corrected chi connectivity index (χ4v) is 2.93. The Labute approximate surface area is 176 Å². The average molecular weight is 404 g/mol. The summed E-state index contributed by atoms with van der Waals surface area (Å²) in [6, 6.07) is 22.8. The highest BCUT2D eigenvalue weighted by Crippen LogP contribution is 2.31. The molecule has 0 spiro atoms. The van der Waals surface area contributed by atoms with Gasteiger partial charge in [0.1, 0.15) is 12.4 Å². The Bertz CT molecular complexity index is 1010. The van der Waals surface area contributed by atoms with E-state index in [1.165, 1.54) is 7.11 Å². The third-order valence-electron chi connectivity index (χ3n) is 4.54. The first kappa shape index (κ1) is 21.0. The van der Waals surface area contributed by atoms with Crippen molar-refractivity contribution in [3.8, 4) is 17.2 Å². The molecule has 0 unspecified atom stereocenters. The van der Waals surface area contributed by atoms with Gasteiger partial charge >= 0.3 is 5.97 Å². The fourth-order valence-electron chi connectivity index (χ4n) is 2.93. The van der Waals surface area contributed by atoms with Gasteiger partial charge in [-0.15, -0.1) is 0 Å². The summed E-state index contributed by atoms with van der Waals surface area (Å²) >= 11 is 0. The molecule has 0 bridgehead atoms. The quantitative estimate of drug-likeness (QED) is 0.301. The summed E-state index contributed by atoms with van der Waals surface area (Å²) in [6.07, 6.45) is 1.79. The molecule has 0 fully saturated rings. The Hall–Kier alpha value is -3.73.